The summed E-state index contributed by atoms with van der Waals surface area (Å²) in [5, 5.41) is 2.83. The lowest BCUT2D eigenvalue weighted by Gasteiger charge is -2.19. The van der Waals surface area contributed by atoms with Crippen LogP contribution in [0.25, 0.3) is 10.2 Å². The van der Waals surface area contributed by atoms with Crippen molar-refractivity contribution in [1.82, 2.24) is 9.88 Å². The van der Waals surface area contributed by atoms with Gasteiger partial charge in [0.25, 0.3) is 11.8 Å². The van der Waals surface area contributed by atoms with Crippen molar-refractivity contribution in [1.29, 1.82) is 0 Å². The molecule has 0 radical (unpaired) electrons. The summed E-state index contributed by atoms with van der Waals surface area (Å²) in [4.78, 5) is 30.4. The minimum atomic E-state index is -0.709. The molecule has 0 aliphatic heterocycles. The topological polar surface area (TPSA) is 72.7 Å². The number of nitrogens with zero attached hydrogens (tertiary/aromatic N) is 2. The number of carbonyl (C=O) groups is 2. The Kier molecular flexibility index (Phi) is 6.49. The van der Waals surface area contributed by atoms with Gasteiger partial charge in [-0.1, -0.05) is 37.3 Å². The Bertz CT molecular complexity index is 1080. The number of carbonyl (C=O) groups excluding carboxylic acids is 2. The molecule has 1 aromatic heterocycles. The van der Waals surface area contributed by atoms with Crippen LogP contribution in [0.5, 0.6) is 5.75 Å². The number of benzene rings is 2. The standard InChI is InChI=1S/C22H25N3O3S/c1-5-28-16-12-10-15(11-13-16)20(26)23-19(14(2)3)21(27)24-22-25(4)17-8-6-7-9-18(17)29-22/h6-14,19H,5H2,1-4H3,(H,23,26)/t19-/m0/s1. The third kappa shape index (κ3) is 4.74. The maximum Gasteiger partial charge on any atom is 0.271 e. The highest BCUT2D eigenvalue weighted by Gasteiger charge is 2.24. The molecule has 0 unspecified atom stereocenters. The normalized spacial score (nSPS) is 12.9. The maximum atomic E-state index is 12.9. The Balaban J connectivity index is 1.82. The summed E-state index contributed by atoms with van der Waals surface area (Å²) in [6.45, 7) is 6.24. The molecular weight excluding hydrogens is 386 g/mol. The number of thiazole rings is 1. The van der Waals surface area contributed by atoms with Gasteiger partial charge in [0.05, 0.1) is 16.8 Å². The van der Waals surface area contributed by atoms with Crippen molar-refractivity contribution < 1.29 is 14.3 Å². The first-order chi connectivity index (χ1) is 13.9. The van der Waals surface area contributed by atoms with Crippen molar-refractivity contribution in [3.8, 4) is 5.75 Å². The molecule has 3 aromatic rings. The van der Waals surface area contributed by atoms with Gasteiger partial charge in [0.1, 0.15) is 11.8 Å². The predicted molar refractivity (Wildman–Crippen MR) is 115 cm³/mol. The van der Waals surface area contributed by atoms with Crippen LogP contribution in [0.2, 0.25) is 0 Å². The minimum Gasteiger partial charge on any atom is -0.494 e. The van der Waals surface area contributed by atoms with E-state index in [2.05, 4.69) is 10.3 Å². The lowest BCUT2D eigenvalue weighted by molar-refractivity contribution is -0.120. The van der Waals surface area contributed by atoms with Gasteiger partial charge < -0.3 is 14.6 Å². The fourth-order valence-electron chi connectivity index (χ4n) is 2.96. The fourth-order valence-corrected chi connectivity index (χ4v) is 3.98. The highest BCUT2D eigenvalue weighted by Crippen LogP contribution is 2.16. The second-order valence-electron chi connectivity index (χ2n) is 7.01. The second-order valence-corrected chi connectivity index (χ2v) is 8.02. The largest absolute Gasteiger partial charge is 0.494 e. The van der Waals surface area contributed by atoms with Crippen molar-refractivity contribution in [3.63, 3.8) is 0 Å². The van der Waals surface area contributed by atoms with Crippen LogP contribution in [0, 0.1) is 5.92 Å². The van der Waals surface area contributed by atoms with Gasteiger partial charge in [0, 0.05) is 12.6 Å². The molecule has 0 saturated heterocycles. The SMILES string of the molecule is CCOc1ccc(C(=O)N[C@H](C(=O)N=c2sc3ccccc3n2C)C(C)C)cc1. The van der Waals surface area contributed by atoms with Crippen LogP contribution in [-0.4, -0.2) is 29.0 Å². The van der Waals surface area contributed by atoms with Crippen LogP contribution in [0.15, 0.2) is 53.5 Å². The van der Waals surface area contributed by atoms with Gasteiger partial charge in [0.15, 0.2) is 4.80 Å². The van der Waals surface area contributed by atoms with Crippen molar-refractivity contribution in [2.24, 2.45) is 18.0 Å². The number of ether oxygens (including phenoxy) is 1. The van der Waals surface area contributed by atoms with E-state index < -0.39 is 6.04 Å². The third-order valence-corrected chi connectivity index (χ3v) is 5.68. The summed E-state index contributed by atoms with van der Waals surface area (Å²) in [5.74, 6) is -0.0668. The summed E-state index contributed by atoms with van der Waals surface area (Å²) in [6, 6.07) is 14.0. The molecule has 2 amide bonds. The number of amides is 2. The average molecular weight is 412 g/mol. The van der Waals surface area contributed by atoms with Crippen LogP contribution in [0.4, 0.5) is 0 Å². The average Bonchev–Trinajstić information content (AvgIpc) is 3.02. The Morgan fingerprint density at radius 1 is 1.14 bits per heavy atom. The van der Waals surface area contributed by atoms with Gasteiger partial charge in [0.2, 0.25) is 0 Å². The molecule has 0 fully saturated rings. The smallest absolute Gasteiger partial charge is 0.271 e. The zero-order valence-electron chi connectivity index (χ0n) is 17.0. The Morgan fingerprint density at radius 2 is 1.83 bits per heavy atom. The van der Waals surface area contributed by atoms with Gasteiger partial charge in [-0.2, -0.15) is 4.99 Å². The number of hydrogen-bond acceptors (Lipinski definition) is 4. The number of fused-ring (bicyclic) bond motifs is 1. The maximum absolute atomic E-state index is 12.9. The van der Waals surface area contributed by atoms with Crippen molar-refractivity contribution >= 4 is 33.4 Å². The van der Waals surface area contributed by atoms with Crippen LogP contribution in [0.3, 0.4) is 0 Å². The van der Waals surface area contributed by atoms with Crippen molar-refractivity contribution in [2.45, 2.75) is 26.8 Å². The van der Waals surface area contributed by atoms with E-state index in [0.717, 1.165) is 10.2 Å². The van der Waals surface area contributed by atoms with Gasteiger partial charge in [-0.3, -0.25) is 9.59 Å². The Morgan fingerprint density at radius 3 is 2.45 bits per heavy atom. The quantitative estimate of drug-likeness (QED) is 0.675. The van der Waals surface area contributed by atoms with Gasteiger partial charge in [-0.15, -0.1) is 0 Å². The molecule has 29 heavy (non-hydrogen) atoms. The first-order valence-electron chi connectivity index (χ1n) is 9.57. The number of hydrogen-bond donors (Lipinski definition) is 1. The highest BCUT2D eigenvalue weighted by atomic mass is 32.1. The monoisotopic (exact) mass is 411 g/mol. The van der Waals surface area contributed by atoms with Crippen LogP contribution >= 0.6 is 11.3 Å². The summed E-state index contributed by atoms with van der Waals surface area (Å²) >= 11 is 1.45. The Hall–Kier alpha value is -2.93. The summed E-state index contributed by atoms with van der Waals surface area (Å²) in [5.41, 5.74) is 1.49. The molecule has 0 aliphatic rings. The molecule has 152 valence electrons. The summed E-state index contributed by atoms with van der Waals surface area (Å²) in [7, 11) is 1.88. The summed E-state index contributed by atoms with van der Waals surface area (Å²) < 4.78 is 8.35. The van der Waals surface area contributed by atoms with E-state index in [1.807, 2.05) is 56.7 Å². The lowest BCUT2D eigenvalue weighted by atomic mass is 10.0. The van der Waals surface area contributed by atoms with E-state index in [-0.39, 0.29) is 17.7 Å². The number of para-hydroxylation sites is 1. The van der Waals surface area contributed by atoms with Gasteiger partial charge in [-0.05, 0) is 49.2 Å². The summed E-state index contributed by atoms with van der Waals surface area (Å²) in [6.07, 6.45) is 0. The first-order valence-corrected chi connectivity index (χ1v) is 10.4. The molecule has 1 atom stereocenters. The van der Waals surface area contributed by atoms with E-state index in [1.165, 1.54) is 11.3 Å². The molecule has 0 saturated carbocycles. The molecule has 7 heteroatoms. The number of rotatable bonds is 6. The zero-order chi connectivity index (χ0) is 21.0. The number of aryl methyl sites for hydroxylation is 1. The van der Waals surface area contributed by atoms with Crippen molar-refractivity contribution in [2.75, 3.05) is 6.61 Å². The molecule has 0 bridgehead atoms. The number of aromatic nitrogens is 1. The molecule has 0 aliphatic carbocycles. The lowest BCUT2D eigenvalue weighted by Crippen LogP contribution is -2.44. The number of nitrogens with one attached hydrogen (secondary N) is 1. The third-order valence-electron chi connectivity index (χ3n) is 4.57. The molecule has 6 nitrogen and oxygen atoms in total. The molecular formula is C22H25N3O3S. The van der Waals surface area contributed by atoms with Gasteiger partial charge >= 0.3 is 0 Å². The molecule has 1 N–H and O–H groups in total. The zero-order valence-corrected chi connectivity index (χ0v) is 17.8. The second kappa shape index (κ2) is 9.05. The molecule has 1 heterocycles. The van der Waals surface area contributed by atoms with E-state index in [9.17, 15) is 9.59 Å². The van der Waals surface area contributed by atoms with E-state index >= 15 is 0 Å². The van der Waals surface area contributed by atoms with Gasteiger partial charge in [-0.25, -0.2) is 0 Å². The van der Waals surface area contributed by atoms with E-state index in [4.69, 9.17) is 4.74 Å². The van der Waals surface area contributed by atoms with E-state index in [1.54, 1.807) is 24.3 Å². The highest BCUT2D eigenvalue weighted by molar-refractivity contribution is 7.16. The fraction of sp³-hybridized carbons (Fsp3) is 0.318. The van der Waals surface area contributed by atoms with Crippen molar-refractivity contribution in [3.05, 3.63) is 58.9 Å². The Labute approximate surface area is 173 Å². The first kappa shape index (κ1) is 20.8. The van der Waals surface area contributed by atoms with E-state index in [0.29, 0.717) is 22.7 Å². The molecule has 3 rings (SSSR count). The minimum absolute atomic E-state index is 0.0995. The van der Waals surface area contributed by atoms with Crippen LogP contribution in [-0.2, 0) is 11.8 Å². The van der Waals surface area contributed by atoms with Crippen LogP contribution < -0.4 is 14.9 Å². The van der Waals surface area contributed by atoms with Crippen LogP contribution in [0.1, 0.15) is 31.1 Å². The predicted octanol–water partition coefficient (Wildman–Crippen LogP) is 3.52. The molecule has 2 aromatic carbocycles. The molecule has 0 spiro atoms.